The molecule has 1 heterocycles. The summed E-state index contributed by atoms with van der Waals surface area (Å²) >= 11 is 0. The number of hydrogen-bond acceptors (Lipinski definition) is 4. The molecule has 1 aliphatic carbocycles. The van der Waals surface area contributed by atoms with Crippen LogP contribution in [-0.4, -0.2) is 23.1 Å². The number of nitrogens with one attached hydrogen (secondary N) is 1. The smallest absolute Gasteiger partial charge is 0.223 e. The van der Waals surface area contributed by atoms with E-state index in [0.717, 1.165) is 24.6 Å². The Morgan fingerprint density at radius 1 is 1.47 bits per heavy atom. The second-order valence-electron chi connectivity index (χ2n) is 4.10. The molecule has 0 bridgehead atoms. The molecule has 4 heteroatoms. The van der Waals surface area contributed by atoms with Crippen LogP contribution in [0, 0.1) is 6.92 Å². The van der Waals surface area contributed by atoms with Crippen molar-refractivity contribution in [1.29, 1.82) is 0 Å². The summed E-state index contributed by atoms with van der Waals surface area (Å²) in [6.07, 6.45) is 3.51. The molecule has 0 saturated heterocycles. The summed E-state index contributed by atoms with van der Waals surface area (Å²) in [5, 5.41) is 3.21. The summed E-state index contributed by atoms with van der Waals surface area (Å²) in [5.41, 5.74) is 7.67. The Bertz CT molecular complexity index is 333. The molecule has 0 atom stereocenters. The lowest BCUT2D eigenvalue weighted by Crippen LogP contribution is -2.11. The molecule has 4 nitrogen and oxygen atoms in total. The Balaban J connectivity index is 2.02. The highest BCUT2D eigenvalue weighted by atomic mass is 15.1. The summed E-state index contributed by atoms with van der Waals surface area (Å²) in [7, 11) is 0. The third-order valence-electron chi connectivity index (χ3n) is 2.53. The van der Waals surface area contributed by atoms with Crippen LogP contribution >= 0.6 is 0 Å². The molecule has 0 spiro atoms. The van der Waals surface area contributed by atoms with E-state index in [9.17, 15) is 0 Å². The minimum Gasteiger partial charge on any atom is -0.354 e. The van der Waals surface area contributed by atoms with Crippen LogP contribution in [0.5, 0.6) is 0 Å². The fourth-order valence-corrected chi connectivity index (χ4v) is 1.56. The van der Waals surface area contributed by atoms with Crippen molar-refractivity contribution in [1.82, 2.24) is 9.97 Å². The second kappa shape index (κ2) is 4.57. The van der Waals surface area contributed by atoms with Crippen molar-refractivity contribution in [2.45, 2.75) is 32.1 Å². The molecule has 0 radical (unpaired) electrons. The molecule has 0 amide bonds. The second-order valence-corrected chi connectivity index (χ2v) is 4.10. The number of aromatic nitrogens is 2. The molecule has 0 aliphatic heterocycles. The minimum atomic E-state index is 0.682. The van der Waals surface area contributed by atoms with Gasteiger partial charge in [0.25, 0.3) is 0 Å². The predicted molar refractivity (Wildman–Crippen MR) is 60.9 cm³/mol. The fraction of sp³-hybridized carbons (Fsp3) is 0.636. The molecule has 0 unspecified atom stereocenters. The Morgan fingerprint density at radius 2 is 2.27 bits per heavy atom. The lowest BCUT2D eigenvalue weighted by molar-refractivity contribution is 0.855. The zero-order chi connectivity index (χ0) is 10.7. The summed E-state index contributed by atoms with van der Waals surface area (Å²) < 4.78 is 0. The first-order valence-electron chi connectivity index (χ1n) is 5.59. The number of aryl methyl sites for hydroxylation is 1. The highest BCUT2D eigenvalue weighted by Gasteiger charge is 2.25. The highest BCUT2D eigenvalue weighted by molar-refractivity contribution is 5.30. The zero-order valence-electron chi connectivity index (χ0n) is 9.16. The maximum atomic E-state index is 5.43. The van der Waals surface area contributed by atoms with Gasteiger partial charge in [0.2, 0.25) is 5.95 Å². The Labute approximate surface area is 90.3 Å². The van der Waals surface area contributed by atoms with E-state index >= 15 is 0 Å². The van der Waals surface area contributed by atoms with Gasteiger partial charge < -0.3 is 11.1 Å². The van der Waals surface area contributed by atoms with E-state index < -0.39 is 0 Å². The third kappa shape index (κ3) is 2.89. The van der Waals surface area contributed by atoms with Crippen molar-refractivity contribution >= 4 is 5.95 Å². The van der Waals surface area contributed by atoms with Gasteiger partial charge in [-0.15, -0.1) is 0 Å². The monoisotopic (exact) mass is 206 g/mol. The van der Waals surface area contributed by atoms with Crippen molar-refractivity contribution in [3.63, 3.8) is 0 Å². The average Bonchev–Trinajstić information content (AvgIpc) is 3.00. The lowest BCUT2D eigenvalue weighted by atomic mass is 10.2. The fourth-order valence-electron chi connectivity index (χ4n) is 1.56. The Morgan fingerprint density at radius 3 is 2.93 bits per heavy atom. The van der Waals surface area contributed by atoms with E-state index in [4.69, 9.17) is 5.73 Å². The summed E-state index contributed by atoms with van der Waals surface area (Å²) in [6.45, 7) is 3.57. The summed E-state index contributed by atoms with van der Waals surface area (Å²) in [4.78, 5) is 8.86. The van der Waals surface area contributed by atoms with Gasteiger partial charge in [-0.1, -0.05) is 0 Å². The molecular weight excluding hydrogens is 188 g/mol. The van der Waals surface area contributed by atoms with Crippen LogP contribution in [-0.2, 0) is 0 Å². The topological polar surface area (TPSA) is 63.8 Å². The van der Waals surface area contributed by atoms with E-state index in [1.54, 1.807) is 0 Å². The van der Waals surface area contributed by atoms with Crippen molar-refractivity contribution in [2.24, 2.45) is 5.73 Å². The van der Waals surface area contributed by atoms with Crippen LogP contribution < -0.4 is 11.1 Å². The molecule has 3 N–H and O–H groups in total. The largest absolute Gasteiger partial charge is 0.354 e. The summed E-state index contributed by atoms with van der Waals surface area (Å²) in [5.74, 6) is 1.44. The van der Waals surface area contributed by atoms with E-state index in [1.807, 2.05) is 6.92 Å². The summed E-state index contributed by atoms with van der Waals surface area (Å²) in [6, 6.07) is 2.09. The number of rotatable bonds is 5. The van der Waals surface area contributed by atoms with Crippen LogP contribution in [0.25, 0.3) is 0 Å². The van der Waals surface area contributed by atoms with Crippen molar-refractivity contribution in [3.05, 3.63) is 17.5 Å². The van der Waals surface area contributed by atoms with E-state index in [1.165, 1.54) is 18.5 Å². The zero-order valence-corrected chi connectivity index (χ0v) is 9.16. The van der Waals surface area contributed by atoms with Crippen molar-refractivity contribution in [2.75, 3.05) is 18.4 Å². The SMILES string of the molecule is Cc1cc(C2CC2)nc(NCCCN)n1. The molecule has 1 fully saturated rings. The molecule has 82 valence electrons. The van der Waals surface area contributed by atoms with Gasteiger partial charge in [0, 0.05) is 23.9 Å². The predicted octanol–water partition coefficient (Wildman–Crippen LogP) is 1.42. The van der Waals surface area contributed by atoms with Gasteiger partial charge in [0.05, 0.1) is 0 Å². The highest BCUT2D eigenvalue weighted by Crippen LogP contribution is 2.39. The molecule has 1 aromatic rings. The lowest BCUT2D eigenvalue weighted by Gasteiger charge is -2.06. The van der Waals surface area contributed by atoms with Gasteiger partial charge in [-0.05, 0) is 38.8 Å². The van der Waals surface area contributed by atoms with Crippen LogP contribution in [0.4, 0.5) is 5.95 Å². The molecule has 1 saturated carbocycles. The van der Waals surface area contributed by atoms with Gasteiger partial charge >= 0.3 is 0 Å². The van der Waals surface area contributed by atoms with Gasteiger partial charge in [-0.2, -0.15) is 0 Å². The molecule has 1 aliphatic rings. The maximum absolute atomic E-state index is 5.43. The molecule has 15 heavy (non-hydrogen) atoms. The molecule has 1 aromatic heterocycles. The first kappa shape index (κ1) is 10.4. The average molecular weight is 206 g/mol. The van der Waals surface area contributed by atoms with Crippen molar-refractivity contribution < 1.29 is 0 Å². The van der Waals surface area contributed by atoms with E-state index in [2.05, 4.69) is 21.4 Å². The molecule has 2 rings (SSSR count). The van der Waals surface area contributed by atoms with Crippen LogP contribution in [0.15, 0.2) is 6.07 Å². The maximum Gasteiger partial charge on any atom is 0.223 e. The van der Waals surface area contributed by atoms with Crippen LogP contribution in [0.1, 0.15) is 36.6 Å². The van der Waals surface area contributed by atoms with Gasteiger partial charge in [-0.25, -0.2) is 9.97 Å². The van der Waals surface area contributed by atoms with Gasteiger partial charge in [-0.3, -0.25) is 0 Å². The number of hydrogen-bond donors (Lipinski definition) is 2. The Kier molecular flexibility index (Phi) is 3.16. The van der Waals surface area contributed by atoms with Gasteiger partial charge in [0.15, 0.2) is 0 Å². The van der Waals surface area contributed by atoms with E-state index in [-0.39, 0.29) is 0 Å². The van der Waals surface area contributed by atoms with E-state index in [0.29, 0.717) is 12.5 Å². The molecular formula is C11H18N4. The number of nitrogens with zero attached hydrogens (tertiary/aromatic N) is 2. The van der Waals surface area contributed by atoms with Crippen LogP contribution in [0.2, 0.25) is 0 Å². The normalized spacial score (nSPS) is 15.3. The standard InChI is InChI=1S/C11H18N4/c1-8-7-10(9-3-4-9)15-11(14-8)13-6-2-5-12/h7,9H,2-6,12H2,1H3,(H,13,14,15). The quantitative estimate of drug-likeness (QED) is 0.715. The number of nitrogens with two attached hydrogens (primary N) is 1. The number of anilines is 1. The minimum absolute atomic E-state index is 0.682. The van der Waals surface area contributed by atoms with Gasteiger partial charge in [0.1, 0.15) is 0 Å². The van der Waals surface area contributed by atoms with Crippen LogP contribution in [0.3, 0.4) is 0 Å². The molecule has 0 aromatic carbocycles. The third-order valence-corrected chi connectivity index (χ3v) is 2.53. The first-order valence-corrected chi connectivity index (χ1v) is 5.59. The first-order chi connectivity index (χ1) is 7.29. The Hall–Kier alpha value is -1.16. The van der Waals surface area contributed by atoms with Crippen molar-refractivity contribution in [3.8, 4) is 0 Å².